The predicted molar refractivity (Wildman–Crippen MR) is 90.3 cm³/mol. The van der Waals surface area contributed by atoms with Gasteiger partial charge in [-0.1, -0.05) is 32.9 Å². The molecule has 0 spiro atoms. The lowest BCUT2D eigenvalue weighted by molar-refractivity contribution is 0.250. The monoisotopic (exact) mass is 324 g/mol. The van der Waals surface area contributed by atoms with E-state index in [2.05, 4.69) is 20.8 Å². The number of hydrogen-bond donors (Lipinski definition) is 1. The number of rotatable bonds is 3. The highest BCUT2D eigenvalue weighted by atomic mass is 32.2. The van der Waals surface area contributed by atoms with Gasteiger partial charge in [0.2, 0.25) is 10.0 Å². The summed E-state index contributed by atoms with van der Waals surface area (Å²) in [5.41, 5.74) is 7.09. The standard InChI is InChI=1S/C17H28N2O2S/c1-13(18)14-9-11-19(12-10-14)22(20,21)16-7-5-15(6-8-16)17(2,3)4/h5-8,13-14H,9-12,18H2,1-4H3. The Morgan fingerprint density at radius 1 is 1.14 bits per heavy atom. The Labute approximate surface area is 134 Å². The van der Waals surface area contributed by atoms with Crippen molar-refractivity contribution in [2.24, 2.45) is 11.7 Å². The van der Waals surface area contributed by atoms with E-state index < -0.39 is 10.0 Å². The van der Waals surface area contributed by atoms with Crippen molar-refractivity contribution < 1.29 is 8.42 Å². The molecule has 22 heavy (non-hydrogen) atoms. The molecule has 0 aromatic heterocycles. The lowest BCUT2D eigenvalue weighted by atomic mass is 9.87. The van der Waals surface area contributed by atoms with Crippen LogP contribution < -0.4 is 5.73 Å². The van der Waals surface area contributed by atoms with Crippen molar-refractivity contribution in [1.82, 2.24) is 4.31 Å². The molecular formula is C17H28N2O2S. The van der Waals surface area contributed by atoms with Gasteiger partial charge in [-0.25, -0.2) is 8.42 Å². The SMILES string of the molecule is CC(N)C1CCN(S(=O)(=O)c2ccc(C(C)(C)C)cc2)CC1. The Morgan fingerprint density at radius 2 is 1.64 bits per heavy atom. The van der Waals surface area contributed by atoms with Crippen LogP contribution >= 0.6 is 0 Å². The van der Waals surface area contributed by atoms with Crippen molar-refractivity contribution in [3.05, 3.63) is 29.8 Å². The van der Waals surface area contributed by atoms with E-state index in [-0.39, 0.29) is 11.5 Å². The van der Waals surface area contributed by atoms with Crippen LogP contribution in [0.2, 0.25) is 0 Å². The van der Waals surface area contributed by atoms with Gasteiger partial charge < -0.3 is 5.73 Å². The largest absolute Gasteiger partial charge is 0.328 e. The van der Waals surface area contributed by atoms with Gasteiger partial charge in [-0.15, -0.1) is 0 Å². The average molecular weight is 324 g/mol. The Morgan fingerprint density at radius 3 is 2.05 bits per heavy atom. The van der Waals surface area contributed by atoms with Gasteiger partial charge >= 0.3 is 0 Å². The van der Waals surface area contributed by atoms with Crippen molar-refractivity contribution in [3.8, 4) is 0 Å². The van der Waals surface area contributed by atoms with Crippen molar-refractivity contribution >= 4 is 10.0 Å². The first-order valence-electron chi connectivity index (χ1n) is 7.98. The molecule has 2 rings (SSSR count). The quantitative estimate of drug-likeness (QED) is 0.930. The van der Waals surface area contributed by atoms with Crippen molar-refractivity contribution in [2.45, 2.75) is 56.9 Å². The van der Waals surface area contributed by atoms with E-state index in [1.807, 2.05) is 19.1 Å². The van der Waals surface area contributed by atoms with Crippen LogP contribution in [0.4, 0.5) is 0 Å². The first-order chi connectivity index (χ1) is 10.1. The molecule has 0 bridgehead atoms. The van der Waals surface area contributed by atoms with Crippen molar-refractivity contribution in [1.29, 1.82) is 0 Å². The maximum absolute atomic E-state index is 12.7. The van der Waals surface area contributed by atoms with Crippen LogP contribution in [0, 0.1) is 5.92 Å². The molecule has 1 aromatic rings. The molecule has 0 aliphatic carbocycles. The summed E-state index contributed by atoms with van der Waals surface area (Å²) >= 11 is 0. The van der Waals surface area contributed by atoms with E-state index in [0.29, 0.717) is 23.9 Å². The molecule has 1 aliphatic rings. The highest BCUT2D eigenvalue weighted by Crippen LogP contribution is 2.27. The van der Waals surface area contributed by atoms with Gasteiger partial charge in [0, 0.05) is 19.1 Å². The maximum Gasteiger partial charge on any atom is 0.243 e. The molecule has 1 aromatic carbocycles. The van der Waals surface area contributed by atoms with Crippen LogP contribution in [-0.4, -0.2) is 31.9 Å². The minimum Gasteiger partial charge on any atom is -0.328 e. The highest BCUT2D eigenvalue weighted by molar-refractivity contribution is 7.89. The summed E-state index contributed by atoms with van der Waals surface area (Å²) in [5, 5.41) is 0. The van der Waals surface area contributed by atoms with Gasteiger partial charge in [0.1, 0.15) is 0 Å². The number of nitrogens with zero attached hydrogens (tertiary/aromatic N) is 1. The summed E-state index contributed by atoms with van der Waals surface area (Å²) in [6.45, 7) is 9.49. The van der Waals surface area contributed by atoms with E-state index in [0.717, 1.165) is 18.4 Å². The first kappa shape index (κ1) is 17.4. The molecule has 2 N–H and O–H groups in total. The Kier molecular flexibility index (Phi) is 5.00. The molecule has 1 heterocycles. The smallest absolute Gasteiger partial charge is 0.243 e. The minimum atomic E-state index is -3.38. The summed E-state index contributed by atoms with van der Waals surface area (Å²) < 4.78 is 27.0. The van der Waals surface area contributed by atoms with Crippen LogP contribution in [-0.2, 0) is 15.4 Å². The van der Waals surface area contributed by atoms with Crippen LogP contribution in [0.5, 0.6) is 0 Å². The predicted octanol–water partition coefficient (Wildman–Crippen LogP) is 2.73. The average Bonchev–Trinajstić information content (AvgIpc) is 2.46. The van der Waals surface area contributed by atoms with Gasteiger partial charge in [0.25, 0.3) is 0 Å². The van der Waals surface area contributed by atoms with Gasteiger partial charge in [-0.3, -0.25) is 0 Å². The minimum absolute atomic E-state index is 0.0257. The Balaban J connectivity index is 2.14. The highest BCUT2D eigenvalue weighted by Gasteiger charge is 2.30. The van der Waals surface area contributed by atoms with E-state index in [1.165, 1.54) is 0 Å². The zero-order valence-corrected chi connectivity index (χ0v) is 14.9. The number of sulfonamides is 1. The number of hydrogen-bond acceptors (Lipinski definition) is 3. The number of nitrogens with two attached hydrogens (primary N) is 1. The topological polar surface area (TPSA) is 63.4 Å². The van der Waals surface area contributed by atoms with E-state index in [1.54, 1.807) is 16.4 Å². The molecule has 1 atom stereocenters. The second-order valence-corrected chi connectivity index (χ2v) is 9.31. The second kappa shape index (κ2) is 6.30. The van der Waals surface area contributed by atoms with E-state index in [9.17, 15) is 8.42 Å². The van der Waals surface area contributed by atoms with Crippen molar-refractivity contribution in [2.75, 3.05) is 13.1 Å². The van der Waals surface area contributed by atoms with Gasteiger partial charge in [0.05, 0.1) is 4.90 Å². The fourth-order valence-corrected chi connectivity index (χ4v) is 4.39. The molecule has 0 radical (unpaired) electrons. The fourth-order valence-electron chi connectivity index (χ4n) is 2.92. The van der Waals surface area contributed by atoms with Gasteiger partial charge in [0.15, 0.2) is 0 Å². The molecule has 5 heteroatoms. The molecule has 0 saturated carbocycles. The molecule has 1 unspecified atom stereocenters. The summed E-state index contributed by atoms with van der Waals surface area (Å²) in [5.74, 6) is 0.426. The van der Waals surface area contributed by atoms with Gasteiger partial charge in [-0.2, -0.15) is 4.31 Å². The van der Waals surface area contributed by atoms with E-state index in [4.69, 9.17) is 5.73 Å². The molecule has 1 fully saturated rings. The third-order valence-electron chi connectivity index (χ3n) is 4.60. The summed E-state index contributed by atoms with van der Waals surface area (Å²) in [6.07, 6.45) is 1.69. The molecule has 1 saturated heterocycles. The molecule has 0 amide bonds. The van der Waals surface area contributed by atoms with Crippen LogP contribution in [0.15, 0.2) is 29.2 Å². The van der Waals surface area contributed by atoms with E-state index >= 15 is 0 Å². The van der Waals surface area contributed by atoms with Crippen molar-refractivity contribution in [3.63, 3.8) is 0 Å². The molecule has 124 valence electrons. The third-order valence-corrected chi connectivity index (χ3v) is 6.51. The lowest BCUT2D eigenvalue weighted by Gasteiger charge is -2.33. The first-order valence-corrected chi connectivity index (χ1v) is 9.42. The summed E-state index contributed by atoms with van der Waals surface area (Å²) in [4.78, 5) is 0.389. The zero-order chi connectivity index (χ0) is 16.5. The molecular weight excluding hydrogens is 296 g/mol. The maximum atomic E-state index is 12.7. The van der Waals surface area contributed by atoms with Gasteiger partial charge in [-0.05, 0) is 48.8 Å². The fraction of sp³-hybridized carbons (Fsp3) is 0.647. The third kappa shape index (κ3) is 3.70. The zero-order valence-electron chi connectivity index (χ0n) is 14.0. The van der Waals surface area contributed by atoms with Crippen LogP contribution in [0.3, 0.4) is 0 Å². The second-order valence-electron chi connectivity index (χ2n) is 7.38. The Hall–Kier alpha value is -0.910. The van der Waals surface area contributed by atoms with Crippen LogP contribution in [0.25, 0.3) is 0 Å². The Bertz CT molecular complexity index is 593. The molecule has 1 aliphatic heterocycles. The number of piperidine rings is 1. The normalized spacial score (nSPS) is 20.0. The summed E-state index contributed by atoms with van der Waals surface area (Å²) in [6, 6.07) is 7.43. The lowest BCUT2D eigenvalue weighted by Crippen LogP contribution is -2.42. The number of benzene rings is 1. The molecule has 4 nitrogen and oxygen atoms in total. The van der Waals surface area contributed by atoms with Crippen LogP contribution in [0.1, 0.15) is 46.1 Å². The summed E-state index contributed by atoms with van der Waals surface area (Å²) in [7, 11) is -3.38.